The molecule has 33 heavy (non-hydrogen) atoms. The Bertz CT molecular complexity index is 1370. The van der Waals surface area contributed by atoms with E-state index >= 15 is 0 Å². The fourth-order valence-electron chi connectivity index (χ4n) is 3.63. The summed E-state index contributed by atoms with van der Waals surface area (Å²) in [5, 5.41) is 3.60. The monoisotopic (exact) mass is 482 g/mol. The maximum absolute atomic E-state index is 13.5. The van der Waals surface area contributed by atoms with Gasteiger partial charge in [0.05, 0.1) is 11.4 Å². The van der Waals surface area contributed by atoms with Gasteiger partial charge in [-0.2, -0.15) is 0 Å². The molecule has 9 heteroatoms. The van der Waals surface area contributed by atoms with E-state index in [0.29, 0.717) is 29.0 Å². The molecule has 4 aromatic rings. The van der Waals surface area contributed by atoms with Crippen LogP contribution in [0.15, 0.2) is 82.8 Å². The number of carbonyl (C=O) groups excluding carboxylic acids is 1. The van der Waals surface area contributed by atoms with E-state index in [1.165, 1.54) is 12.1 Å². The van der Waals surface area contributed by atoms with Crippen LogP contribution in [0.1, 0.15) is 12.5 Å². The number of halogens is 1. The summed E-state index contributed by atoms with van der Waals surface area (Å²) in [6, 6.07) is 16.8. The van der Waals surface area contributed by atoms with E-state index in [2.05, 4.69) is 15.3 Å². The molecule has 0 saturated heterocycles. The first-order valence-electron chi connectivity index (χ1n) is 10.4. The third-order valence-corrected chi connectivity index (χ3v) is 7.36. The van der Waals surface area contributed by atoms with Crippen LogP contribution in [0, 0.1) is 0 Å². The molecule has 2 aromatic heterocycles. The van der Waals surface area contributed by atoms with E-state index in [1.54, 1.807) is 48.8 Å². The van der Waals surface area contributed by atoms with E-state index in [0.717, 1.165) is 5.56 Å². The number of benzene rings is 2. The van der Waals surface area contributed by atoms with Crippen molar-refractivity contribution in [2.75, 3.05) is 18.4 Å². The number of anilines is 1. The van der Waals surface area contributed by atoms with E-state index < -0.39 is 9.84 Å². The number of nitrogens with zero attached hydrogens (tertiary/aromatic N) is 2. The Morgan fingerprint density at radius 3 is 2.52 bits per heavy atom. The molecule has 170 valence electrons. The number of aromatic amines is 1. The van der Waals surface area contributed by atoms with Gasteiger partial charge in [-0.05, 0) is 54.6 Å². The lowest BCUT2D eigenvalue weighted by molar-refractivity contribution is -0.117. The number of amides is 1. The van der Waals surface area contributed by atoms with Crippen LogP contribution < -0.4 is 5.32 Å². The van der Waals surface area contributed by atoms with Crippen molar-refractivity contribution in [2.45, 2.75) is 23.3 Å². The summed E-state index contributed by atoms with van der Waals surface area (Å²) in [4.78, 5) is 22.1. The zero-order chi connectivity index (χ0) is 23.4. The van der Waals surface area contributed by atoms with Gasteiger partial charge in [-0.25, -0.2) is 8.42 Å². The molecule has 0 saturated carbocycles. The largest absolute Gasteiger partial charge is 0.340 e. The molecule has 4 rings (SSSR count). The number of sulfone groups is 1. The maximum atomic E-state index is 13.5. The Morgan fingerprint density at radius 2 is 1.82 bits per heavy atom. The highest BCUT2D eigenvalue weighted by molar-refractivity contribution is 7.92. The second-order valence-corrected chi connectivity index (χ2v) is 9.87. The highest BCUT2D eigenvalue weighted by Gasteiger charge is 2.27. The lowest BCUT2D eigenvalue weighted by atomic mass is 10.2. The zero-order valence-electron chi connectivity index (χ0n) is 18.0. The fourth-order valence-corrected chi connectivity index (χ4v) is 5.38. The molecule has 0 unspecified atom stereocenters. The van der Waals surface area contributed by atoms with Crippen molar-refractivity contribution in [1.82, 2.24) is 14.9 Å². The van der Waals surface area contributed by atoms with Crippen LogP contribution in [-0.2, 0) is 21.2 Å². The van der Waals surface area contributed by atoms with Gasteiger partial charge in [0.15, 0.2) is 0 Å². The van der Waals surface area contributed by atoms with E-state index in [-0.39, 0.29) is 28.1 Å². The van der Waals surface area contributed by atoms with Crippen molar-refractivity contribution < 1.29 is 13.2 Å². The van der Waals surface area contributed by atoms with Gasteiger partial charge in [-0.3, -0.25) is 14.7 Å². The molecule has 0 aliphatic heterocycles. The Labute approximate surface area is 197 Å². The van der Waals surface area contributed by atoms with Gasteiger partial charge in [-0.1, -0.05) is 36.7 Å². The third-order valence-electron chi connectivity index (χ3n) is 5.27. The van der Waals surface area contributed by atoms with Crippen molar-refractivity contribution >= 4 is 44.1 Å². The van der Waals surface area contributed by atoms with Crippen LogP contribution in [-0.4, -0.2) is 42.3 Å². The summed E-state index contributed by atoms with van der Waals surface area (Å²) in [5.41, 5.74) is 1.60. The lowest BCUT2D eigenvalue weighted by Crippen LogP contribution is -2.33. The third kappa shape index (κ3) is 5.08. The Balaban J connectivity index is 1.66. The molecule has 0 aliphatic carbocycles. The van der Waals surface area contributed by atoms with Gasteiger partial charge < -0.3 is 10.3 Å². The summed E-state index contributed by atoms with van der Waals surface area (Å²) in [5.74, 6) is -0.200. The summed E-state index contributed by atoms with van der Waals surface area (Å²) < 4.78 is 27.0. The van der Waals surface area contributed by atoms with Gasteiger partial charge in [0.25, 0.3) is 0 Å². The summed E-state index contributed by atoms with van der Waals surface area (Å²) in [6.07, 6.45) is 3.42. The standard InChI is InChI=1S/C24H23ClN4O3S/c1-2-29(15-17-10-12-26-13-11-17)16-22(30)28-24-23(20-14-18(25)8-9-21(20)27-24)33(31,32)19-6-4-3-5-7-19/h3-14,27H,2,15-16H2,1H3,(H,28,30). The molecule has 0 atom stereocenters. The van der Waals surface area contributed by atoms with Crippen molar-refractivity contribution in [2.24, 2.45) is 0 Å². The van der Waals surface area contributed by atoms with Gasteiger partial charge in [-0.15, -0.1) is 0 Å². The van der Waals surface area contributed by atoms with Crippen molar-refractivity contribution in [1.29, 1.82) is 0 Å². The minimum Gasteiger partial charge on any atom is -0.340 e. The molecule has 0 spiro atoms. The van der Waals surface area contributed by atoms with E-state index in [4.69, 9.17) is 11.6 Å². The molecular formula is C24H23ClN4O3S. The number of rotatable bonds is 8. The minimum atomic E-state index is -3.92. The quantitative estimate of drug-likeness (QED) is 0.385. The number of likely N-dealkylation sites (N-methyl/N-ethyl adjacent to an activating group) is 1. The number of fused-ring (bicyclic) bond motifs is 1. The normalized spacial score (nSPS) is 11.7. The van der Waals surface area contributed by atoms with Gasteiger partial charge in [0.2, 0.25) is 15.7 Å². The smallest absolute Gasteiger partial charge is 0.239 e. The van der Waals surface area contributed by atoms with Crippen LogP contribution in [0.2, 0.25) is 5.02 Å². The highest BCUT2D eigenvalue weighted by Crippen LogP contribution is 2.36. The van der Waals surface area contributed by atoms with Crippen molar-refractivity contribution in [3.63, 3.8) is 0 Å². The first kappa shape index (κ1) is 23.0. The Morgan fingerprint density at radius 1 is 1.09 bits per heavy atom. The molecule has 7 nitrogen and oxygen atoms in total. The first-order chi connectivity index (χ1) is 15.9. The van der Waals surface area contributed by atoms with E-state index in [9.17, 15) is 13.2 Å². The zero-order valence-corrected chi connectivity index (χ0v) is 19.5. The fraction of sp³-hybridized carbons (Fsp3) is 0.167. The molecular weight excluding hydrogens is 460 g/mol. The summed E-state index contributed by atoms with van der Waals surface area (Å²) >= 11 is 6.16. The molecule has 0 fully saturated rings. The van der Waals surface area contributed by atoms with Crippen LogP contribution in [0.3, 0.4) is 0 Å². The number of hydrogen-bond acceptors (Lipinski definition) is 5. The average Bonchev–Trinajstić information content (AvgIpc) is 3.17. The van der Waals surface area contributed by atoms with Crippen LogP contribution >= 0.6 is 11.6 Å². The maximum Gasteiger partial charge on any atom is 0.239 e. The molecule has 0 aliphatic rings. The minimum absolute atomic E-state index is 0.00303. The summed E-state index contributed by atoms with van der Waals surface area (Å²) in [7, 11) is -3.92. The number of pyridine rings is 1. The number of aromatic nitrogens is 2. The van der Waals surface area contributed by atoms with E-state index in [1.807, 2.05) is 24.0 Å². The summed E-state index contributed by atoms with van der Waals surface area (Å²) in [6.45, 7) is 3.28. The van der Waals surface area contributed by atoms with Crippen molar-refractivity contribution in [3.05, 3.63) is 83.6 Å². The molecule has 0 radical (unpaired) electrons. The molecule has 1 amide bonds. The predicted octanol–water partition coefficient (Wildman–Crippen LogP) is 4.51. The second kappa shape index (κ2) is 9.74. The lowest BCUT2D eigenvalue weighted by Gasteiger charge is -2.20. The molecule has 2 aromatic carbocycles. The number of H-pyrrole nitrogens is 1. The molecule has 2 N–H and O–H groups in total. The highest BCUT2D eigenvalue weighted by atomic mass is 35.5. The SMILES string of the molecule is CCN(CC(=O)Nc1[nH]c2ccc(Cl)cc2c1S(=O)(=O)c1ccccc1)Cc1ccncc1. The predicted molar refractivity (Wildman–Crippen MR) is 129 cm³/mol. The average molecular weight is 483 g/mol. The second-order valence-electron chi connectivity index (χ2n) is 7.54. The first-order valence-corrected chi connectivity index (χ1v) is 12.3. The van der Waals surface area contributed by atoms with Crippen LogP contribution in [0.5, 0.6) is 0 Å². The number of hydrogen-bond donors (Lipinski definition) is 2. The van der Waals surface area contributed by atoms with Crippen molar-refractivity contribution in [3.8, 4) is 0 Å². The topological polar surface area (TPSA) is 95.2 Å². The van der Waals surface area contributed by atoms with Crippen LogP contribution in [0.25, 0.3) is 10.9 Å². The number of nitrogens with one attached hydrogen (secondary N) is 2. The Kier molecular flexibility index (Phi) is 6.78. The molecule has 0 bridgehead atoms. The van der Waals surface area contributed by atoms with Gasteiger partial charge >= 0.3 is 0 Å². The molecule has 2 heterocycles. The Hall–Kier alpha value is -3.20. The van der Waals surface area contributed by atoms with Gasteiger partial charge in [0.1, 0.15) is 10.7 Å². The number of carbonyl (C=O) groups is 1. The van der Waals surface area contributed by atoms with Gasteiger partial charge in [0, 0.05) is 34.9 Å². The van der Waals surface area contributed by atoms with Crippen LogP contribution in [0.4, 0.5) is 5.82 Å².